The zero-order valence-corrected chi connectivity index (χ0v) is 31.4. The summed E-state index contributed by atoms with van der Waals surface area (Å²) >= 11 is 0. The van der Waals surface area contributed by atoms with Gasteiger partial charge in [-0.25, -0.2) is 0 Å². The molecule has 0 atom stereocenters. The summed E-state index contributed by atoms with van der Waals surface area (Å²) in [5, 5.41) is 0. The molecule has 57 heavy (non-hydrogen) atoms. The van der Waals surface area contributed by atoms with E-state index >= 15 is 0 Å². The van der Waals surface area contributed by atoms with Crippen molar-refractivity contribution in [1.29, 1.82) is 0 Å². The summed E-state index contributed by atoms with van der Waals surface area (Å²) in [6.07, 6.45) is 3.69. The average molecular weight is 730 g/mol. The Labute approximate surface area is 334 Å². The highest BCUT2D eigenvalue weighted by Gasteiger charge is 2.46. The first-order valence-electron chi connectivity index (χ1n) is 19.5. The fourth-order valence-corrected chi connectivity index (χ4v) is 8.67. The molecule has 0 bridgehead atoms. The summed E-state index contributed by atoms with van der Waals surface area (Å²) in [6.45, 7) is 0. The Morgan fingerprint density at radius 2 is 0.789 bits per heavy atom. The van der Waals surface area contributed by atoms with Crippen LogP contribution in [0.4, 0.5) is 34.1 Å². The highest BCUT2D eigenvalue weighted by atomic mass is 15.2. The molecule has 0 amide bonds. The molecule has 0 N–H and O–H groups in total. The lowest BCUT2D eigenvalue weighted by atomic mass is 9.62. The Morgan fingerprint density at radius 1 is 0.351 bits per heavy atom. The Hall–Kier alpha value is -7.49. The highest BCUT2D eigenvalue weighted by molar-refractivity contribution is 5.92. The van der Waals surface area contributed by atoms with Gasteiger partial charge in [0.2, 0.25) is 0 Å². The Bertz CT molecular complexity index is 2630. The zero-order chi connectivity index (χ0) is 38.0. The molecule has 0 spiro atoms. The van der Waals surface area contributed by atoms with Crippen LogP contribution in [0.25, 0.3) is 22.3 Å². The predicted molar refractivity (Wildman–Crippen MR) is 236 cm³/mol. The summed E-state index contributed by atoms with van der Waals surface area (Å²) in [5.41, 5.74) is 15.6. The number of hydrogen-bond acceptors (Lipinski definition) is 3. The third kappa shape index (κ3) is 5.98. The van der Waals surface area contributed by atoms with Crippen LogP contribution in [-0.4, -0.2) is 4.98 Å². The molecule has 10 rings (SSSR count). The van der Waals surface area contributed by atoms with Crippen molar-refractivity contribution in [2.75, 3.05) is 9.80 Å². The number of anilines is 6. The van der Waals surface area contributed by atoms with Crippen molar-refractivity contribution in [3.8, 4) is 22.3 Å². The minimum absolute atomic E-state index is 0.577. The van der Waals surface area contributed by atoms with E-state index in [0.29, 0.717) is 0 Å². The molecule has 9 aromatic rings. The van der Waals surface area contributed by atoms with Gasteiger partial charge in [-0.1, -0.05) is 158 Å². The summed E-state index contributed by atoms with van der Waals surface area (Å²) in [6, 6.07) is 81.2. The number of pyridine rings is 1. The zero-order valence-electron chi connectivity index (χ0n) is 31.4. The summed E-state index contributed by atoms with van der Waals surface area (Å²) in [7, 11) is 0. The second-order valence-electron chi connectivity index (χ2n) is 14.4. The first kappa shape index (κ1) is 34.0. The monoisotopic (exact) mass is 729 g/mol. The van der Waals surface area contributed by atoms with Gasteiger partial charge in [0, 0.05) is 35.1 Å². The fourth-order valence-electron chi connectivity index (χ4n) is 8.67. The first-order chi connectivity index (χ1) is 28.3. The van der Waals surface area contributed by atoms with Gasteiger partial charge in [0.25, 0.3) is 0 Å². The molecule has 0 saturated heterocycles. The van der Waals surface area contributed by atoms with Crippen molar-refractivity contribution in [2.24, 2.45) is 0 Å². The number of benzene rings is 8. The SMILES string of the molecule is c1ccc(-c2ccc(N(c3ccc(-c4ccncc4)cc3)c3ccc4c(c3)N(c3ccccc3)c3ccccc3C4(c3ccccc3)c3ccccc3)cc2)cc1. The lowest BCUT2D eigenvalue weighted by Crippen LogP contribution is -2.37. The highest BCUT2D eigenvalue weighted by Crippen LogP contribution is 2.58. The van der Waals surface area contributed by atoms with Crippen LogP contribution in [0.1, 0.15) is 22.3 Å². The third-order valence-electron chi connectivity index (χ3n) is 11.2. The number of para-hydroxylation sites is 2. The molecule has 0 saturated carbocycles. The van der Waals surface area contributed by atoms with Gasteiger partial charge in [-0.05, 0) is 111 Å². The molecule has 0 fully saturated rings. The van der Waals surface area contributed by atoms with Crippen LogP contribution in [0.2, 0.25) is 0 Å². The largest absolute Gasteiger partial charge is 0.310 e. The van der Waals surface area contributed by atoms with E-state index in [-0.39, 0.29) is 0 Å². The van der Waals surface area contributed by atoms with Gasteiger partial charge in [-0.2, -0.15) is 0 Å². The molecular weight excluding hydrogens is 691 g/mol. The van der Waals surface area contributed by atoms with Crippen molar-refractivity contribution in [1.82, 2.24) is 4.98 Å². The van der Waals surface area contributed by atoms with Gasteiger partial charge in [0.1, 0.15) is 0 Å². The van der Waals surface area contributed by atoms with Crippen molar-refractivity contribution in [3.05, 3.63) is 259 Å². The van der Waals surface area contributed by atoms with Crippen molar-refractivity contribution in [2.45, 2.75) is 5.41 Å². The maximum absolute atomic E-state index is 4.24. The molecule has 270 valence electrons. The summed E-state index contributed by atoms with van der Waals surface area (Å²) in [5.74, 6) is 0. The fraction of sp³-hybridized carbons (Fsp3) is 0.0185. The maximum atomic E-state index is 4.24. The Balaban J connectivity index is 1.22. The van der Waals surface area contributed by atoms with Gasteiger partial charge >= 0.3 is 0 Å². The lowest BCUT2D eigenvalue weighted by molar-refractivity contribution is 0.731. The molecule has 0 unspecified atom stereocenters. The molecule has 0 radical (unpaired) electrons. The molecule has 1 aliphatic rings. The number of aromatic nitrogens is 1. The molecule has 1 aliphatic heterocycles. The standard InChI is InChI=1S/C54H39N3/c1-5-15-40(16-6-1)41-25-29-47(30-26-41)56(48-31-27-42(28-32-48)43-35-37-55-38-36-43)49-33-34-51-53(39-49)57(46-21-11-4-12-22-46)52-24-14-13-23-50(52)54(51,44-17-7-2-8-18-44)45-19-9-3-10-20-45/h1-39H. The second-order valence-corrected chi connectivity index (χ2v) is 14.4. The van der Waals surface area contributed by atoms with Crippen molar-refractivity contribution >= 4 is 34.1 Å². The smallest absolute Gasteiger partial charge is 0.0742 e. The van der Waals surface area contributed by atoms with Crippen molar-refractivity contribution in [3.63, 3.8) is 0 Å². The minimum atomic E-state index is -0.577. The Morgan fingerprint density at radius 3 is 1.37 bits per heavy atom. The van der Waals surface area contributed by atoms with E-state index in [1.165, 1.54) is 33.4 Å². The number of fused-ring (bicyclic) bond motifs is 2. The molecule has 1 aromatic heterocycles. The summed E-state index contributed by atoms with van der Waals surface area (Å²) in [4.78, 5) is 9.06. The van der Waals surface area contributed by atoms with Crippen LogP contribution in [0, 0.1) is 0 Å². The molecule has 8 aromatic carbocycles. The first-order valence-corrected chi connectivity index (χ1v) is 19.5. The van der Waals surface area contributed by atoms with E-state index in [1.807, 2.05) is 12.4 Å². The van der Waals surface area contributed by atoms with E-state index in [0.717, 1.165) is 45.3 Å². The van der Waals surface area contributed by atoms with Crippen LogP contribution in [0.5, 0.6) is 0 Å². The quantitative estimate of drug-likeness (QED) is 0.155. The normalized spacial score (nSPS) is 12.7. The number of rotatable bonds is 8. The molecule has 3 nitrogen and oxygen atoms in total. The van der Waals surface area contributed by atoms with Crippen LogP contribution < -0.4 is 9.80 Å². The van der Waals surface area contributed by atoms with E-state index in [9.17, 15) is 0 Å². The van der Waals surface area contributed by atoms with E-state index < -0.39 is 5.41 Å². The van der Waals surface area contributed by atoms with Crippen molar-refractivity contribution < 1.29 is 0 Å². The van der Waals surface area contributed by atoms with Gasteiger partial charge in [0.15, 0.2) is 0 Å². The van der Waals surface area contributed by atoms with E-state index in [2.05, 4.69) is 239 Å². The predicted octanol–water partition coefficient (Wildman–Crippen LogP) is 14.1. The second kappa shape index (κ2) is 14.6. The van der Waals surface area contributed by atoms with Gasteiger partial charge in [-0.3, -0.25) is 4.98 Å². The minimum Gasteiger partial charge on any atom is -0.310 e. The molecular formula is C54H39N3. The van der Waals surface area contributed by atoms with Crippen LogP contribution in [0.15, 0.2) is 237 Å². The van der Waals surface area contributed by atoms with Gasteiger partial charge in [-0.15, -0.1) is 0 Å². The maximum Gasteiger partial charge on any atom is 0.0742 e. The van der Waals surface area contributed by atoms with Crippen LogP contribution in [-0.2, 0) is 5.41 Å². The average Bonchev–Trinajstić information content (AvgIpc) is 3.30. The number of hydrogen-bond donors (Lipinski definition) is 0. The van der Waals surface area contributed by atoms with Gasteiger partial charge < -0.3 is 9.80 Å². The Kier molecular flexibility index (Phi) is 8.74. The number of nitrogens with zero attached hydrogens (tertiary/aromatic N) is 3. The molecule has 0 aliphatic carbocycles. The summed E-state index contributed by atoms with van der Waals surface area (Å²) < 4.78 is 0. The van der Waals surface area contributed by atoms with Gasteiger partial charge in [0.05, 0.1) is 16.8 Å². The van der Waals surface area contributed by atoms with Crippen LogP contribution in [0.3, 0.4) is 0 Å². The third-order valence-corrected chi connectivity index (χ3v) is 11.2. The molecule has 2 heterocycles. The topological polar surface area (TPSA) is 19.4 Å². The van der Waals surface area contributed by atoms with E-state index in [1.54, 1.807) is 0 Å². The molecule has 3 heteroatoms. The lowest BCUT2D eigenvalue weighted by Gasteiger charge is -2.47. The van der Waals surface area contributed by atoms with E-state index in [4.69, 9.17) is 0 Å². The van der Waals surface area contributed by atoms with Crippen LogP contribution >= 0.6 is 0 Å².